The highest BCUT2D eigenvalue weighted by atomic mass is 16.5. The van der Waals surface area contributed by atoms with Crippen LogP contribution in [-0.4, -0.2) is 72.7 Å². The van der Waals surface area contributed by atoms with Crippen LogP contribution in [0.4, 0.5) is 0 Å². The van der Waals surface area contributed by atoms with Gasteiger partial charge in [-0.05, 0) is 90.0 Å². The Kier molecular flexibility index (Phi) is 39.9. The zero-order valence-electron chi connectivity index (χ0n) is 35.8. The summed E-state index contributed by atoms with van der Waals surface area (Å²) >= 11 is 0. The van der Waals surface area contributed by atoms with Crippen LogP contribution in [0.1, 0.15) is 206 Å². The second-order valence-electron chi connectivity index (χ2n) is 15.5. The van der Waals surface area contributed by atoms with Gasteiger partial charge in [-0.15, -0.1) is 0 Å². The molecule has 5 N–H and O–H groups in total. The van der Waals surface area contributed by atoms with Crippen molar-refractivity contribution in [3.05, 3.63) is 24.3 Å². The average molecular weight is 792 g/mol. The summed E-state index contributed by atoms with van der Waals surface area (Å²) in [6, 6.07) is -0.674. The molecule has 56 heavy (non-hydrogen) atoms. The summed E-state index contributed by atoms with van der Waals surface area (Å²) in [5.74, 6) is -1.45. The fourth-order valence-electron chi connectivity index (χ4n) is 6.59. The van der Waals surface area contributed by atoms with Crippen LogP contribution < -0.4 is 11.5 Å². The summed E-state index contributed by atoms with van der Waals surface area (Å²) in [5.41, 5.74) is 11.8. The summed E-state index contributed by atoms with van der Waals surface area (Å²) in [6.07, 6.45) is 40.4. The number of carbonyl (C=O) groups excluding carboxylic acids is 3. The number of hydrogen-bond donors (Lipinski definition) is 3. The Hall–Kier alpha value is -2.72. The van der Waals surface area contributed by atoms with Gasteiger partial charge >= 0.3 is 17.9 Å². The Morgan fingerprint density at radius 2 is 0.911 bits per heavy atom. The van der Waals surface area contributed by atoms with E-state index in [9.17, 15) is 19.2 Å². The van der Waals surface area contributed by atoms with Crippen LogP contribution in [-0.2, 0) is 28.7 Å². The summed E-state index contributed by atoms with van der Waals surface area (Å²) in [6.45, 7) is 3.40. The number of ether oxygens (including phenoxy) is 2. The Morgan fingerprint density at radius 1 is 0.536 bits per heavy atom. The number of allylic oxidation sites excluding steroid dienone is 4. The van der Waals surface area contributed by atoms with E-state index in [-0.39, 0.29) is 50.6 Å². The van der Waals surface area contributed by atoms with Crippen molar-refractivity contribution in [1.82, 2.24) is 4.90 Å². The average Bonchev–Trinajstić information content (AvgIpc) is 3.18. The molecule has 0 aromatic heterocycles. The van der Waals surface area contributed by atoms with E-state index >= 15 is 0 Å². The van der Waals surface area contributed by atoms with Gasteiger partial charge in [0.1, 0.15) is 13.2 Å². The Bertz CT molecular complexity index is 1000. The maximum Gasteiger partial charge on any atom is 0.305 e. The molecule has 0 saturated carbocycles. The van der Waals surface area contributed by atoms with E-state index in [1.54, 1.807) is 4.90 Å². The lowest BCUT2D eigenvalue weighted by Gasteiger charge is -2.25. The molecule has 0 fully saturated rings. The van der Waals surface area contributed by atoms with Crippen LogP contribution in [0.2, 0.25) is 0 Å². The predicted molar refractivity (Wildman–Crippen MR) is 230 cm³/mol. The minimum absolute atomic E-state index is 0.0833. The van der Waals surface area contributed by atoms with E-state index in [0.29, 0.717) is 25.8 Å². The number of unbranched alkanes of at least 4 members (excludes halogenated alkanes) is 22. The van der Waals surface area contributed by atoms with Crippen molar-refractivity contribution in [1.29, 1.82) is 0 Å². The summed E-state index contributed by atoms with van der Waals surface area (Å²) in [4.78, 5) is 50.0. The van der Waals surface area contributed by atoms with Gasteiger partial charge in [0.25, 0.3) is 0 Å². The zero-order chi connectivity index (χ0) is 41.2. The topological polar surface area (TPSA) is 162 Å². The van der Waals surface area contributed by atoms with E-state index in [2.05, 4.69) is 31.2 Å². The highest BCUT2D eigenvalue weighted by Gasteiger charge is 2.21. The van der Waals surface area contributed by atoms with Crippen molar-refractivity contribution >= 4 is 23.8 Å². The first-order chi connectivity index (χ1) is 27.3. The van der Waals surface area contributed by atoms with Crippen LogP contribution in [0.15, 0.2) is 24.3 Å². The molecule has 0 aliphatic rings. The second kappa shape index (κ2) is 41.9. The molecular formula is C46H85N3O7. The molecule has 10 nitrogen and oxygen atoms in total. The molecule has 0 unspecified atom stereocenters. The highest BCUT2D eigenvalue weighted by Crippen LogP contribution is 2.13. The molecule has 10 heteroatoms. The van der Waals surface area contributed by atoms with Crippen molar-refractivity contribution in [3.8, 4) is 0 Å². The lowest BCUT2D eigenvalue weighted by atomic mass is 10.1. The number of nitrogens with zero attached hydrogens (tertiary/aromatic N) is 1. The number of rotatable bonds is 42. The molecule has 1 atom stereocenters. The van der Waals surface area contributed by atoms with Crippen LogP contribution in [0.25, 0.3) is 0 Å². The van der Waals surface area contributed by atoms with Crippen LogP contribution in [0.3, 0.4) is 0 Å². The SMILES string of the molecule is CCCCCCCC/C=C\CCCCCCCC(=O)OCCN(CCOC(=O)CCCCCCC/C=C\CCCCCCCC(=O)O)C(=O)[C@@H](N)CCCCN. The third-order valence-electron chi connectivity index (χ3n) is 10.2. The molecule has 0 aromatic carbocycles. The van der Waals surface area contributed by atoms with Crippen molar-refractivity contribution in [2.75, 3.05) is 32.8 Å². The maximum atomic E-state index is 13.1. The smallest absolute Gasteiger partial charge is 0.305 e. The number of aliphatic carboxylic acids is 1. The number of carboxylic acid groups (broad SMARTS) is 1. The van der Waals surface area contributed by atoms with E-state index in [4.69, 9.17) is 26.0 Å². The number of hydrogen-bond acceptors (Lipinski definition) is 8. The van der Waals surface area contributed by atoms with Crippen molar-refractivity contribution < 1.29 is 33.8 Å². The van der Waals surface area contributed by atoms with Gasteiger partial charge in [0, 0.05) is 19.3 Å². The van der Waals surface area contributed by atoms with Crippen molar-refractivity contribution in [2.45, 2.75) is 212 Å². The minimum atomic E-state index is -0.705. The normalized spacial score (nSPS) is 12.1. The highest BCUT2D eigenvalue weighted by molar-refractivity contribution is 5.81. The van der Waals surface area contributed by atoms with Gasteiger partial charge in [-0.3, -0.25) is 19.2 Å². The fraction of sp³-hybridized carbons (Fsp3) is 0.826. The number of amides is 1. The maximum absolute atomic E-state index is 13.1. The standard InChI is InChI=1S/C46H85N3O7/c1-2-3-4-5-6-7-8-9-10-14-17-20-23-26-29-35-44(52)55-40-38-49(46(54)42(48)33-31-32-37-47)39-41-56-45(53)36-30-27-24-21-18-15-12-11-13-16-19-22-25-28-34-43(50)51/h9-12,42H,2-8,13-41,47-48H2,1H3,(H,50,51)/b10-9-,12-11-/t42-/m0/s1. The Labute approximate surface area is 342 Å². The Balaban J connectivity index is 4.14. The first-order valence-corrected chi connectivity index (χ1v) is 22.9. The molecule has 0 aliphatic heterocycles. The lowest BCUT2D eigenvalue weighted by molar-refractivity contribution is -0.148. The van der Waals surface area contributed by atoms with E-state index < -0.39 is 12.0 Å². The number of esters is 2. The fourth-order valence-corrected chi connectivity index (χ4v) is 6.59. The van der Waals surface area contributed by atoms with E-state index in [1.807, 2.05) is 0 Å². The van der Waals surface area contributed by atoms with Gasteiger partial charge in [-0.25, -0.2) is 0 Å². The minimum Gasteiger partial charge on any atom is -0.481 e. The van der Waals surface area contributed by atoms with Gasteiger partial charge in [-0.2, -0.15) is 0 Å². The van der Waals surface area contributed by atoms with Gasteiger partial charge in [-0.1, -0.05) is 128 Å². The summed E-state index contributed by atoms with van der Waals surface area (Å²) < 4.78 is 10.9. The van der Waals surface area contributed by atoms with Gasteiger partial charge in [0.2, 0.25) is 5.91 Å². The zero-order valence-corrected chi connectivity index (χ0v) is 35.8. The lowest BCUT2D eigenvalue weighted by Crippen LogP contribution is -2.46. The molecule has 0 saturated heterocycles. The predicted octanol–water partition coefficient (Wildman–Crippen LogP) is 10.5. The summed E-state index contributed by atoms with van der Waals surface area (Å²) in [7, 11) is 0. The molecule has 1 amide bonds. The molecule has 0 radical (unpaired) electrons. The van der Waals surface area contributed by atoms with E-state index in [0.717, 1.165) is 116 Å². The van der Waals surface area contributed by atoms with Crippen molar-refractivity contribution in [2.24, 2.45) is 11.5 Å². The third kappa shape index (κ3) is 38.2. The van der Waals surface area contributed by atoms with Crippen molar-refractivity contribution in [3.63, 3.8) is 0 Å². The first kappa shape index (κ1) is 53.3. The van der Waals surface area contributed by atoms with E-state index in [1.165, 1.54) is 57.8 Å². The van der Waals surface area contributed by atoms with Crippen LogP contribution in [0, 0.1) is 0 Å². The third-order valence-corrected chi connectivity index (χ3v) is 10.2. The monoisotopic (exact) mass is 792 g/mol. The molecule has 0 rings (SSSR count). The number of carbonyl (C=O) groups is 4. The molecule has 326 valence electrons. The largest absolute Gasteiger partial charge is 0.481 e. The first-order valence-electron chi connectivity index (χ1n) is 22.9. The molecule has 0 aromatic rings. The molecule has 0 aliphatic carbocycles. The van der Waals surface area contributed by atoms with Crippen LogP contribution >= 0.6 is 0 Å². The van der Waals surface area contributed by atoms with Gasteiger partial charge in [0.05, 0.1) is 19.1 Å². The van der Waals surface area contributed by atoms with Gasteiger partial charge in [0.15, 0.2) is 0 Å². The second-order valence-corrected chi connectivity index (χ2v) is 15.5. The number of nitrogens with two attached hydrogens (primary N) is 2. The summed E-state index contributed by atoms with van der Waals surface area (Å²) in [5, 5.41) is 8.67. The molecule has 0 spiro atoms. The van der Waals surface area contributed by atoms with Crippen LogP contribution in [0.5, 0.6) is 0 Å². The molecule has 0 bridgehead atoms. The number of carboxylic acids is 1. The Morgan fingerprint density at radius 3 is 1.30 bits per heavy atom. The quantitative estimate of drug-likeness (QED) is 0.0310. The van der Waals surface area contributed by atoms with Gasteiger partial charge < -0.3 is 30.9 Å². The molecule has 0 heterocycles. The molecular weight excluding hydrogens is 707 g/mol.